The number of benzene rings is 1. The number of hydrogen-bond donors (Lipinski definition) is 3. The van der Waals surface area contributed by atoms with Crippen LogP contribution in [-0.2, 0) is 19.5 Å². The van der Waals surface area contributed by atoms with Crippen molar-refractivity contribution in [2.24, 2.45) is 0 Å². The van der Waals surface area contributed by atoms with Crippen LogP contribution in [0.1, 0.15) is 10.4 Å². The van der Waals surface area contributed by atoms with Crippen molar-refractivity contribution < 1.29 is 39.6 Å². The van der Waals surface area contributed by atoms with Gasteiger partial charge in [0.05, 0.1) is 5.56 Å². The summed E-state index contributed by atoms with van der Waals surface area (Å²) >= 11 is 0. The van der Waals surface area contributed by atoms with Crippen LogP contribution < -0.4 is 0 Å². The number of hydrogen-bond acceptors (Lipinski definition) is 3. The molecule has 0 aliphatic carbocycles. The number of carboxylic acids is 1. The van der Waals surface area contributed by atoms with Crippen LogP contribution in [0.4, 0.5) is 0 Å². The smallest absolute Gasteiger partial charge is 0.693 e. The summed E-state index contributed by atoms with van der Waals surface area (Å²) in [4.78, 5) is 10.3. The molecule has 1 rings (SSSR count). The van der Waals surface area contributed by atoms with Gasteiger partial charge in [0.1, 0.15) is 0 Å². The summed E-state index contributed by atoms with van der Waals surface area (Å²) in [5.41, 5.74) is -0.0553. The zero-order valence-electron chi connectivity index (χ0n) is 8.14. The van der Waals surface area contributed by atoms with E-state index in [-0.39, 0.29) is 55.4 Å². The van der Waals surface area contributed by atoms with Gasteiger partial charge < -0.3 is 39.9 Å². The average Bonchev–Trinajstić information content (AvgIpc) is 1.94. The topological polar surface area (TPSA) is 212 Å². The third-order valence-corrected chi connectivity index (χ3v) is 1.22. The van der Waals surface area contributed by atoms with Crippen LogP contribution in [0.2, 0.25) is 0 Å². The first-order valence-electron chi connectivity index (χ1n) is 2.86. The van der Waals surface area contributed by atoms with Gasteiger partial charge in [-0.3, -0.25) is 0 Å². The van der Waals surface area contributed by atoms with Crippen molar-refractivity contribution in [3.63, 3.8) is 0 Å². The van der Waals surface area contributed by atoms with Gasteiger partial charge in [-0.15, -0.1) is 0 Å². The molecule has 0 saturated heterocycles. The fourth-order valence-electron chi connectivity index (χ4n) is 0.656. The van der Waals surface area contributed by atoms with E-state index in [2.05, 4.69) is 0 Å². The Kier molecular flexibility index (Phi) is 21.7. The van der Waals surface area contributed by atoms with Gasteiger partial charge in [-0.05, 0) is 18.2 Å². The number of nitrogens with two attached hydrogens (primary N) is 4. The van der Waals surface area contributed by atoms with Crippen LogP contribution in [0.15, 0.2) is 18.2 Å². The fraction of sp³-hybridized carbons (Fsp3) is 0. The molecule has 0 amide bonds. The minimum Gasteiger partial charge on any atom is -0.693 e. The van der Waals surface area contributed by atoms with Crippen LogP contribution in [0.5, 0.6) is 11.5 Å². The van der Waals surface area contributed by atoms with Gasteiger partial charge in [-0.1, -0.05) is 0 Å². The van der Waals surface area contributed by atoms with Crippen LogP contribution in [-0.4, -0.2) is 21.3 Å². The first-order valence-corrected chi connectivity index (χ1v) is 2.86. The quantitative estimate of drug-likeness (QED) is 0.521. The molecule has 16 heavy (non-hydrogen) atoms. The molecular weight excluding hydrogens is 305 g/mol. The molecule has 0 radical (unpaired) electrons. The number of phenolic OH excluding ortho intramolecular Hbond substituents is 2. The Hall–Kier alpha value is -1.25. The summed E-state index contributed by atoms with van der Waals surface area (Å²) in [5.74, 6) is -1.89. The zero-order chi connectivity index (χ0) is 8.43. The van der Waals surface area contributed by atoms with E-state index in [1.165, 1.54) is 6.07 Å². The fourth-order valence-corrected chi connectivity index (χ4v) is 0.656. The monoisotopic (exact) mass is 320 g/mol. The molecule has 0 fully saturated rings. The van der Waals surface area contributed by atoms with Gasteiger partial charge in [-0.25, -0.2) is 4.79 Å². The first kappa shape index (κ1) is 29.3. The summed E-state index contributed by atoms with van der Waals surface area (Å²) in [6, 6.07) is 3.31. The van der Waals surface area contributed by atoms with Gasteiger partial charge in [0, 0.05) is 0 Å². The molecule has 9 heteroatoms. The Balaban J connectivity index is -0.0000000807. The van der Waals surface area contributed by atoms with Crippen molar-refractivity contribution in [2.75, 3.05) is 0 Å². The van der Waals surface area contributed by atoms with E-state index in [0.717, 1.165) is 12.1 Å². The van der Waals surface area contributed by atoms with Crippen molar-refractivity contribution in [1.29, 1.82) is 0 Å². The minimum atomic E-state index is -1.14. The van der Waals surface area contributed by atoms with Crippen LogP contribution in [0.25, 0.3) is 24.6 Å². The van der Waals surface area contributed by atoms with Crippen molar-refractivity contribution in [3.8, 4) is 11.5 Å². The predicted octanol–water partition coefficient (Wildman–Crippen LogP) is 3.66. The molecule has 1 aromatic carbocycles. The second-order valence-corrected chi connectivity index (χ2v) is 2.01. The molecule has 0 saturated carbocycles. The Bertz CT molecular complexity index is 310. The van der Waals surface area contributed by atoms with E-state index >= 15 is 0 Å². The first-order chi connectivity index (χ1) is 5.11. The third kappa shape index (κ3) is 7.10. The van der Waals surface area contributed by atoms with Gasteiger partial charge >= 0.3 is 25.4 Å². The Morgan fingerprint density at radius 1 is 0.938 bits per heavy atom. The average molecular weight is 319 g/mol. The molecule has 0 atom stereocenters. The predicted molar refractivity (Wildman–Crippen MR) is 57.9 cm³/mol. The molecule has 0 aromatic heterocycles. The van der Waals surface area contributed by atoms with Crippen molar-refractivity contribution >= 4 is 5.97 Å². The van der Waals surface area contributed by atoms with Gasteiger partial charge in [0.15, 0.2) is 11.5 Å². The molecule has 0 spiro atoms. The van der Waals surface area contributed by atoms with Crippen molar-refractivity contribution in [1.82, 2.24) is 0 Å². The van der Waals surface area contributed by atoms with Gasteiger partial charge in [-0.2, -0.15) is 0 Å². The van der Waals surface area contributed by atoms with E-state index in [1.54, 1.807) is 0 Å². The number of carbonyl (C=O) groups is 1. The van der Waals surface area contributed by atoms with E-state index in [0.29, 0.717) is 0 Å². The number of aromatic carboxylic acids is 1. The zero-order valence-corrected chi connectivity index (χ0v) is 9.88. The minimum absolute atomic E-state index is 0. The molecule has 0 unspecified atom stereocenters. The number of rotatable bonds is 1. The molecule has 94 valence electrons. The maximum absolute atomic E-state index is 10.3. The molecule has 0 heterocycles. The molecule has 0 bridgehead atoms. The molecule has 1 aromatic rings. The Labute approximate surface area is 106 Å². The maximum Gasteiger partial charge on any atom is 4.00 e. The van der Waals surface area contributed by atoms with E-state index in [1.807, 2.05) is 0 Å². The summed E-state index contributed by atoms with van der Waals surface area (Å²) in [6.07, 6.45) is 0. The van der Waals surface area contributed by atoms with Crippen LogP contribution in [0.3, 0.4) is 0 Å². The summed E-state index contributed by atoms with van der Waals surface area (Å²) in [6.45, 7) is 0. The largest absolute Gasteiger partial charge is 4.00 e. The number of carboxylic acid groups (broad SMARTS) is 1. The molecular formula is C7H14N4O4Ru. The maximum atomic E-state index is 10.3. The standard InChI is InChI=1S/C7H6O4.4H2N.Ru/c8-5-2-1-4(7(10)11)3-6(5)9;;;;;/h1-3,8-9H,(H,10,11);4*1H2;/q;4*-1;+4. The van der Waals surface area contributed by atoms with Gasteiger partial charge in [0.2, 0.25) is 0 Å². The van der Waals surface area contributed by atoms with E-state index in [9.17, 15) is 4.79 Å². The molecule has 8 nitrogen and oxygen atoms in total. The summed E-state index contributed by atoms with van der Waals surface area (Å²) < 4.78 is 0. The summed E-state index contributed by atoms with van der Waals surface area (Å²) in [7, 11) is 0. The second-order valence-electron chi connectivity index (χ2n) is 2.01. The Morgan fingerprint density at radius 2 is 1.38 bits per heavy atom. The van der Waals surface area contributed by atoms with Crippen LogP contribution in [0, 0.1) is 0 Å². The van der Waals surface area contributed by atoms with Crippen LogP contribution >= 0.6 is 0 Å². The third-order valence-electron chi connectivity index (χ3n) is 1.22. The van der Waals surface area contributed by atoms with Crippen molar-refractivity contribution in [2.45, 2.75) is 0 Å². The van der Waals surface area contributed by atoms with Crippen molar-refractivity contribution in [3.05, 3.63) is 48.4 Å². The Morgan fingerprint density at radius 3 is 1.69 bits per heavy atom. The SMILES string of the molecule is O=C(O)c1ccc(O)c(O)c1.[NH2-].[NH2-].[NH2-].[NH2-].[Ru+4]. The van der Waals surface area contributed by atoms with E-state index < -0.39 is 11.7 Å². The number of phenols is 2. The number of aromatic hydroxyl groups is 2. The second kappa shape index (κ2) is 11.8. The molecule has 11 N–H and O–H groups in total. The van der Waals surface area contributed by atoms with E-state index in [4.69, 9.17) is 15.3 Å². The molecule has 0 aliphatic heterocycles. The van der Waals surface area contributed by atoms with Gasteiger partial charge in [0.25, 0.3) is 0 Å². The summed E-state index contributed by atoms with van der Waals surface area (Å²) in [5, 5.41) is 26.0. The molecule has 0 aliphatic rings. The normalized spacial score (nSPS) is 6.50.